The molecule has 2 fully saturated rings. The molecule has 0 amide bonds. The predicted molar refractivity (Wildman–Crippen MR) is 83.4 cm³/mol. The predicted octanol–water partition coefficient (Wildman–Crippen LogP) is 0.806. The first kappa shape index (κ1) is 17.1. The van der Waals surface area contributed by atoms with Gasteiger partial charge in [-0.05, 0) is 33.2 Å². The zero-order chi connectivity index (χ0) is 15.5. The summed E-state index contributed by atoms with van der Waals surface area (Å²) in [6, 6.07) is 0.0784. The molecule has 1 atom stereocenters. The number of hydrogen-bond donors (Lipinski definition) is 1. The van der Waals surface area contributed by atoms with Crippen LogP contribution in [0.5, 0.6) is 0 Å². The molecule has 0 spiro atoms. The molecule has 2 aliphatic heterocycles. The molecule has 0 radical (unpaired) electrons. The first-order valence-corrected chi connectivity index (χ1v) is 9.38. The minimum Gasteiger partial charge on any atom is -0.373 e. The van der Waals surface area contributed by atoms with Crippen molar-refractivity contribution >= 4 is 10.2 Å². The molecule has 1 N–H and O–H groups in total. The molecule has 2 saturated heterocycles. The van der Waals surface area contributed by atoms with E-state index in [9.17, 15) is 8.42 Å². The summed E-state index contributed by atoms with van der Waals surface area (Å²) in [5.41, 5.74) is -0.404. The molecule has 0 aromatic heterocycles. The van der Waals surface area contributed by atoms with Crippen molar-refractivity contribution in [2.24, 2.45) is 0 Å². The van der Waals surface area contributed by atoms with E-state index in [2.05, 4.69) is 5.32 Å². The van der Waals surface area contributed by atoms with Crippen LogP contribution in [-0.4, -0.2) is 68.0 Å². The molecule has 6 nitrogen and oxygen atoms in total. The summed E-state index contributed by atoms with van der Waals surface area (Å²) in [5, 5.41) is 3.29. The van der Waals surface area contributed by atoms with Gasteiger partial charge in [0.05, 0.1) is 12.2 Å². The number of likely N-dealkylation sites (N-methyl/N-ethyl adjacent to an activating group) is 1. The van der Waals surface area contributed by atoms with Crippen molar-refractivity contribution in [3.63, 3.8) is 0 Å². The summed E-state index contributed by atoms with van der Waals surface area (Å²) in [7, 11) is -3.39. The number of rotatable bonds is 5. The number of ether oxygens (including phenoxy) is 1. The van der Waals surface area contributed by atoms with E-state index in [4.69, 9.17) is 4.74 Å². The third kappa shape index (κ3) is 4.16. The molecular weight excluding hydrogens is 290 g/mol. The third-order valence-electron chi connectivity index (χ3n) is 4.22. The SMILES string of the molecule is CCNCC1CCCCN1S(=O)(=O)N1CCOC(C)(C)C1. The highest BCUT2D eigenvalue weighted by Crippen LogP contribution is 2.26. The molecule has 0 aromatic rings. The lowest BCUT2D eigenvalue weighted by atomic mass is 10.1. The van der Waals surface area contributed by atoms with Gasteiger partial charge in [0.25, 0.3) is 10.2 Å². The second-order valence-corrected chi connectivity index (χ2v) is 8.40. The van der Waals surface area contributed by atoms with Crippen LogP contribution in [0.25, 0.3) is 0 Å². The fourth-order valence-electron chi connectivity index (χ4n) is 3.11. The summed E-state index contributed by atoms with van der Waals surface area (Å²) >= 11 is 0. The monoisotopic (exact) mass is 319 g/mol. The van der Waals surface area contributed by atoms with Gasteiger partial charge in [-0.1, -0.05) is 13.3 Å². The van der Waals surface area contributed by atoms with Gasteiger partial charge in [0, 0.05) is 32.2 Å². The van der Waals surface area contributed by atoms with Gasteiger partial charge >= 0.3 is 0 Å². The van der Waals surface area contributed by atoms with E-state index in [-0.39, 0.29) is 6.04 Å². The van der Waals surface area contributed by atoms with Crippen LogP contribution >= 0.6 is 0 Å². The maximum Gasteiger partial charge on any atom is 0.282 e. The van der Waals surface area contributed by atoms with E-state index in [1.165, 1.54) is 0 Å². The van der Waals surface area contributed by atoms with Crippen LogP contribution in [-0.2, 0) is 14.9 Å². The summed E-state index contributed by atoms with van der Waals surface area (Å²) < 4.78 is 34.9. The Balaban J connectivity index is 2.12. The van der Waals surface area contributed by atoms with Gasteiger partial charge < -0.3 is 10.1 Å². The van der Waals surface area contributed by atoms with Crippen LogP contribution < -0.4 is 5.32 Å². The third-order valence-corrected chi connectivity index (χ3v) is 6.25. The van der Waals surface area contributed by atoms with Crippen LogP contribution in [0.1, 0.15) is 40.0 Å². The zero-order valence-corrected chi connectivity index (χ0v) is 14.3. The minimum atomic E-state index is -3.39. The fraction of sp³-hybridized carbons (Fsp3) is 1.00. The molecule has 0 aliphatic carbocycles. The second kappa shape index (κ2) is 6.91. The largest absolute Gasteiger partial charge is 0.373 e. The number of morpholine rings is 1. The summed E-state index contributed by atoms with van der Waals surface area (Å²) in [4.78, 5) is 0. The van der Waals surface area contributed by atoms with Gasteiger partial charge in [0.1, 0.15) is 0 Å². The van der Waals surface area contributed by atoms with E-state index in [1.54, 1.807) is 8.61 Å². The van der Waals surface area contributed by atoms with Gasteiger partial charge in [-0.25, -0.2) is 0 Å². The average molecular weight is 319 g/mol. The van der Waals surface area contributed by atoms with Gasteiger partial charge in [0.15, 0.2) is 0 Å². The van der Waals surface area contributed by atoms with Crippen LogP contribution in [0, 0.1) is 0 Å². The lowest BCUT2D eigenvalue weighted by Crippen LogP contribution is -2.58. The molecule has 0 aromatic carbocycles. The van der Waals surface area contributed by atoms with Crippen molar-refractivity contribution < 1.29 is 13.2 Å². The van der Waals surface area contributed by atoms with Crippen molar-refractivity contribution in [1.29, 1.82) is 0 Å². The Hall–Kier alpha value is -0.210. The smallest absolute Gasteiger partial charge is 0.282 e. The molecular formula is C14H29N3O3S. The Morgan fingerprint density at radius 1 is 1.29 bits per heavy atom. The van der Waals surface area contributed by atoms with Crippen molar-refractivity contribution in [3.05, 3.63) is 0 Å². The van der Waals surface area contributed by atoms with E-state index >= 15 is 0 Å². The Bertz CT molecular complexity index is 439. The molecule has 2 heterocycles. The standard InChI is InChI=1S/C14H29N3O3S/c1-4-15-11-13-7-5-6-8-17(13)21(18,19)16-9-10-20-14(2,3)12-16/h13,15H,4-12H2,1-3H3. The molecule has 2 rings (SSSR count). The Morgan fingerprint density at radius 3 is 2.71 bits per heavy atom. The quantitative estimate of drug-likeness (QED) is 0.814. The lowest BCUT2D eigenvalue weighted by molar-refractivity contribution is -0.0656. The summed E-state index contributed by atoms with van der Waals surface area (Å²) in [5.74, 6) is 0. The topological polar surface area (TPSA) is 61.9 Å². The Morgan fingerprint density at radius 2 is 2.05 bits per heavy atom. The van der Waals surface area contributed by atoms with Crippen molar-refractivity contribution in [1.82, 2.24) is 13.9 Å². The maximum atomic E-state index is 13.0. The van der Waals surface area contributed by atoms with Crippen LogP contribution in [0.3, 0.4) is 0 Å². The minimum absolute atomic E-state index is 0.0784. The molecule has 124 valence electrons. The highest BCUT2D eigenvalue weighted by molar-refractivity contribution is 7.86. The number of nitrogens with zero attached hydrogens (tertiary/aromatic N) is 2. The highest BCUT2D eigenvalue weighted by atomic mass is 32.2. The van der Waals surface area contributed by atoms with Crippen LogP contribution in [0.2, 0.25) is 0 Å². The van der Waals surface area contributed by atoms with E-state index < -0.39 is 15.8 Å². The van der Waals surface area contributed by atoms with E-state index in [0.717, 1.165) is 32.4 Å². The maximum absolute atomic E-state index is 13.0. The van der Waals surface area contributed by atoms with Gasteiger partial charge in [-0.15, -0.1) is 0 Å². The Labute approximate surface area is 129 Å². The molecule has 7 heteroatoms. The molecule has 2 aliphatic rings. The Kier molecular flexibility index (Phi) is 5.65. The summed E-state index contributed by atoms with van der Waals surface area (Å²) in [6.07, 6.45) is 3.01. The lowest BCUT2D eigenvalue weighted by Gasteiger charge is -2.42. The highest BCUT2D eigenvalue weighted by Gasteiger charge is 2.40. The summed E-state index contributed by atoms with van der Waals surface area (Å²) in [6.45, 7) is 9.54. The van der Waals surface area contributed by atoms with E-state index in [1.807, 2.05) is 20.8 Å². The molecule has 1 unspecified atom stereocenters. The van der Waals surface area contributed by atoms with Crippen molar-refractivity contribution in [2.45, 2.75) is 51.7 Å². The van der Waals surface area contributed by atoms with E-state index in [0.29, 0.717) is 26.2 Å². The molecule has 21 heavy (non-hydrogen) atoms. The van der Waals surface area contributed by atoms with Gasteiger partial charge in [-0.3, -0.25) is 0 Å². The first-order chi connectivity index (χ1) is 9.87. The van der Waals surface area contributed by atoms with Gasteiger partial charge in [0.2, 0.25) is 0 Å². The molecule has 0 saturated carbocycles. The second-order valence-electron chi connectivity index (χ2n) is 6.52. The van der Waals surface area contributed by atoms with Crippen molar-refractivity contribution in [2.75, 3.05) is 39.3 Å². The van der Waals surface area contributed by atoms with Gasteiger partial charge in [-0.2, -0.15) is 17.0 Å². The number of piperidine rings is 1. The number of nitrogens with one attached hydrogen (secondary N) is 1. The molecule has 0 bridgehead atoms. The normalized spacial score (nSPS) is 28.6. The van der Waals surface area contributed by atoms with Crippen LogP contribution in [0.4, 0.5) is 0 Å². The first-order valence-electron chi connectivity index (χ1n) is 7.98. The number of hydrogen-bond acceptors (Lipinski definition) is 4. The van der Waals surface area contributed by atoms with Crippen molar-refractivity contribution in [3.8, 4) is 0 Å². The average Bonchev–Trinajstić information content (AvgIpc) is 2.44. The zero-order valence-electron chi connectivity index (χ0n) is 13.5. The van der Waals surface area contributed by atoms with Crippen LogP contribution in [0.15, 0.2) is 0 Å². The fourth-order valence-corrected chi connectivity index (χ4v) is 5.10.